The van der Waals surface area contributed by atoms with Crippen LogP contribution in [0.3, 0.4) is 0 Å². The minimum absolute atomic E-state index is 0. The highest BCUT2D eigenvalue weighted by molar-refractivity contribution is 7.86. The SMILES string of the molecule is N#CC1(N2CCCN(S(=O)C3=CC[C@H]([C@@H]4CC[C@@H]5CCCNC5C4)CC3)CCOCC2=O)CC1.O. The highest BCUT2D eigenvalue weighted by Gasteiger charge is 2.50. The summed E-state index contributed by atoms with van der Waals surface area (Å²) in [6.07, 6.45) is 14.4. The summed E-state index contributed by atoms with van der Waals surface area (Å²) >= 11 is 0. The van der Waals surface area contributed by atoms with Gasteiger partial charge in [0.15, 0.2) is 0 Å². The van der Waals surface area contributed by atoms with Crippen molar-refractivity contribution in [2.24, 2.45) is 17.8 Å². The number of hydrogen-bond acceptors (Lipinski definition) is 5. The lowest BCUT2D eigenvalue weighted by molar-refractivity contribution is -0.138. The van der Waals surface area contributed by atoms with Gasteiger partial charge in [-0.25, -0.2) is 8.51 Å². The van der Waals surface area contributed by atoms with Crippen molar-refractivity contribution in [3.63, 3.8) is 0 Å². The first-order valence-corrected chi connectivity index (χ1v) is 14.6. The van der Waals surface area contributed by atoms with Gasteiger partial charge in [0.1, 0.15) is 23.1 Å². The lowest BCUT2D eigenvalue weighted by atomic mass is 9.68. The van der Waals surface area contributed by atoms with Crippen LogP contribution in [0.15, 0.2) is 11.0 Å². The van der Waals surface area contributed by atoms with E-state index < -0.39 is 16.5 Å². The summed E-state index contributed by atoms with van der Waals surface area (Å²) in [6.45, 7) is 3.33. The lowest BCUT2D eigenvalue weighted by Crippen LogP contribution is -2.46. The molecule has 9 heteroatoms. The van der Waals surface area contributed by atoms with E-state index in [0.717, 1.165) is 67.2 Å². The van der Waals surface area contributed by atoms with E-state index in [1.165, 1.54) is 38.6 Å². The third-order valence-corrected chi connectivity index (χ3v) is 10.6. The largest absolute Gasteiger partial charge is 0.412 e. The number of ether oxygens (including phenoxy) is 1. The first kappa shape index (κ1) is 26.7. The highest BCUT2D eigenvalue weighted by atomic mass is 32.2. The van der Waals surface area contributed by atoms with Crippen LogP contribution in [0.4, 0.5) is 0 Å². The van der Waals surface area contributed by atoms with Crippen LogP contribution >= 0.6 is 0 Å². The average Bonchev–Trinajstić information content (AvgIpc) is 3.68. The van der Waals surface area contributed by atoms with Gasteiger partial charge in [0.25, 0.3) is 0 Å². The molecule has 5 atom stereocenters. The summed E-state index contributed by atoms with van der Waals surface area (Å²) in [5, 5.41) is 13.3. The second-order valence-corrected chi connectivity index (χ2v) is 12.6. The van der Waals surface area contributed by atoms with E-state index in [1.54, 1.807) is 4.90 Å². The fourth-order valence-corrected chi connectivity index (χ4v) is 8.15. The predicted molar refractivity (Wildman–Crippen MR) is 135 cm³/mol. The zero-order valence-corrected chi connectivity index (χ0v) is 21.7. The van der Waals surface area contributed by atoms with Crippen molar-refractivity contribution < 1.29 is 19.2 Å². The molecule has 0 aromatic heterocycles. The molecule has 2 saturated heterocycles. The minimum atomic E-state index is -1.15. The molecule has 2 heterocycles. The molecule has 2 saturated carbocycles. The van der Waals surface area contributed by atoms with Crippen LogP contribution in [0, 0.1) is 29.1 Å². The molecule has 0 bridgehead atoms. The zero-order chi connectivity index (χ0) is 23.5. The van der Waals surface area contributed by atoms with Gasteiger partial charge >= 0.3 is 0 Å². The van der Waals surface area contributed by atoms with Crippen LogP contribution in [-0.4, -0.2) is 75.8 Å². The van der Waals surface area contributed by atoms with E-state index in [0.29, 0.717) is 26.2 Å². The summed E-state index contributed by atoms with van der Waals surface area (Å²) in [6, 6.07) is 3.06. The van der Waals surface area contributed by atoms with Crippen molar-refractivity contribution in [1.82, 2.24) is 14.5 Å². The highest BCUT2D eigenvalue weighted by Crippen LogP contribution is 2.43. The normalized spacial score (nSPS) is 35.0. The van der Waals surface area contributed by atoms with E-state index in [-0.39, 0.29) is 18.0 Å². The quantitative estimate of drug-likeness (QED) is 0.628. The third kappa shape index (κ3) is 5.99. The molecule has 0 radical (unpaired) electrons. The minimum Gasteiger partial charge on any atom is -0.412 e. The maximum Gasteiger partial charge on any atom is 0.249 e. The average molecular weight is 507 g/mol. The molecule has 1 amide bonds. The topological polar surface area (TPSA) is 117 Å². The Hall–Kier alpha value is -1.31. The standard InChI is InChI=1S/C26H40N4O3S.H2O/c27-19-26(10-11-26)30-14-2-13-29(15-16-33-18-25(30)31)34(32)23-8-6-20(7-9-23)22-5-4-21-3-1-12-28-24(21)17-22;/h8,20-22,24,28H,1-7,9-18H2;1H2/t20-,21-,22+,24?,34?;/m0./s1. The Labute approximate surface area is 212 Å². The summed E-state index contributed by atoms with van der Waals surface area (Å²) in [7, 11) is -1.15. The number of amides is 1. The van der Waals surface area contributed by atoms with Gasteiger partial charge in [0.2, 0.25) is 5.91 Å². The maximum atomic E-state index is 13.5. The predicted octanol–water partition coefficient (Wildman–Crippen LogP) is 2.28. The summed E-state index contributed by atoms with van der Waals surface area (Å²) < 4.78 is 21.1. The number of hydrogen-bond donors (Lipinski definition) is 1. The Morgan fingerprint density at radius 3 is 2.66 bits per heavy atom. The first-order chi connectivity index (χ1) is 16.6. The van der Waals surface area contributed by atoms with E-state index in [9.17, 15) is 14.3 Å². The Kier molecular flexibility index (Phi) is 9.04. The van der Waals surface area contributed by atoms with E-state index in [2.05, 4.69) is 17.5 Å². The molecule has 4 fully saturated rings. The number of allylic oxidation sites excluding steroid dienone is 2. The first-order valence-electron chi connectivity index (χ1n) is 13.5. The van der Waals surface area contributed by atoms with E-state index in [4.69, 9.17) is 4.74 Å². The van der Waals surface area contributed by atoms with Crippen LogP contribution in [-0.2, 0) is 20.5 Å². The molecule has 196 valence electrons. The summed E-state index contributed by atoms with van der Waals surface area (Å²) in [5.74, 6) is 2.34. The molecular weight excluding hydrogens is 464 g/mol. The smallest absolute Gasteiger partial charge is 0.249 e. The van der Waals surface area contributed by atoms with Gasteiger partial charge < -0.3 is 20.4 Å². The van der Waals surface area contributed by atoms with Crippen LogP contribution in [0.25, 0.3) is 0 Å². The van der Waals surface area contributed by atoms with Crippen LogP contribution in [0.5, 0.6) is 0 Å². The van der Waals surface area contributed by atoms with Gasteiger partial charge in [0.05, 0.1) is 12.7 Å². The van der Waals surface area contributed by atoms with Crippen LogP contribution < -0.4 is 5.32 Å². The fourth-order valence-electron chi connectivity index (χ4n) is 6.75. The van der Waals surface area contributed by atoms with Crippen molar-refractivity contribution in [3.8, 4) is 6.07 Å². The van der Waals surface area contributed by atoms with Crippen LogP contribution in [0.2, 0.25) is 0 Å². The Morgan fingerprint density at radius 2 is 1.91 bits per heavy atom. The molecule has 0 spiro atoms. The number of carbonyl (C=O) groups excluding carboxylic acids is 1. The Balaban J connectivity index is 0.00000289. The zero-order valence-electron chi connectivity index (χ0n) is 20.9. The number of fused-ring (bicyclic) bond motifs is 1. The molecule has 0 aromatic carbocycles. The molecule has 8 nitrogen and oxygen atoms in total. The molecule has 3 N–H and O–H groups in total. The summed E-state index contributed by atoms with van der Waals surface area (Å²) in [4.78, 5) is 15.3. The Morgan fingerprint density at radius 1 is 1.09 bits per heavy atom. The van der Waals surface area contributed by atoms with Gasteiger partial charge in [-0.2, -0.15) is 5.26 Å². The molecule has 0 aromatic rings. The Bertz CT molecular complexity index is 855. The monoisotopic (exact) mass is 506 g/mol. The van der Waals surface area contributed by atoms with E-state index in [1.807, 2.05) is 4.31 Å². The molecule has 2 unspecified atom stereocenters. The van der Waals surface area contributed by atoms with Gasteiger partial charge in [-0.15, -0.1) is 0 Å². The fraction of sp³-hybridized carbons (Fsp3) is 0.846. The summed E-state index contributed by atoms with van der Waals surface area (Å²) in [5.41, 5.74) is -0.628. The number of rotatable bonds is 4. The van der Waals surface area contributed by atoms with Gasteiger partial charge in [-0.3, -0.25) is 4.79 Å². The number of nitrogens with zero attached hydrogens (tertiary/aromatic N) is 3. The van der Waals surface area contributed by atoms with Gasteiger partial charge in [-0.1, -0.05) is 6.08 Å². The van der Waals surface area contributed by atoms with Crippen molar-refractivity contribution in [2.75, 3.05) is 39.4 Å². The third-order valence-electron chi connectivity index (χ3n) is 8.98. The van der Waals surface area contributed by atoms with E-state index >= 15 is 0 Å². The number of nitriles is 1. The van der Waals surface area contributed by atoms with Gasteiger partial charge in [0, 0.05) is 30.6 Å². The van der Waals surface area contributed by atoms with Crippen molar-refractivity contribution in [1.29, 1.82) is 5.26 Å². The van der Waals surface area contributed by atoms with Crippen LogP contribution in [0.1, 0.15) is 70.6 Å². The van der Waals surface area contributed by atoms with Crippen molar-refractivity contribution >= 4 is 16.9 Å². The van der Waals surface area contributed by atoms with Gasteiger partial charge in [-0.05, 0) is 94.9 Å². The number of carbonyl (C=O) groups is 1. The molecule has 35 heavy (non-hydrogen) atoms. The molecule has 5 rings (SSSR count). The molecule has 2 aliphatic heterocycles. The lowest BCUT2D eigenvalue weighted by Gasteiger charge is -2.43. The van der Waals surface area contributed by atoms with Crippen molar-refractivity contribution in [3.05, 3.63) is 11.0 Å². The molecule has 3 aliphatic carbocycles. The molecule has 5 aliphatic rings. The molecular formula is C26H42N4O4S. The number of nitrogens with one attached hydrogen (secondary N) is 1. The van der Waals surface area contributed by atoms with Crippen molar-refractivity contribution in [2.45, 2.75) is 82.2 Å². The second kappa shape index (κ2) is 11.8. The number of piperidine rings is 1. The second-order valence-electron chi connectivity index (χ2n) is 11.0. The maximum absolute atomic E-state index is 13.5.